The molecule has 1 aliphatic heterocycles. The number of hydrogen-bond acceptors (Lipinski definition) is 6. The molecule has 1 aromatic carbocycles. The van der Waals surface area contributed by atoms with Crippen molar-refractivity contribution in [1.29, 1.82) is 0 Å². The lowest BCUT2D eigenvalue weighted by atomic mass is 10.2. The zero-order valence-corrected chi connectivity index (χ0v) is 15.1. The van der Waals surface area contributed by atoms with E-state index in [1.165, 1.54) is 0 Å². The van der Waals surface area contributed by atoms with E-state index in [0.29, 0.717) is 23.7 Å². The molecular formula is C19H24N4O3. The fourth-order valence-electron chi connectivity index (χ4n) is 2.90. The Morgan fingerprint density at radius 2 is 1.77 bits per heavy atom. The molecule has 1 amide bonds. The number of rotatable bonds is 6. The van der Waals surface area contributed by atoms with E-state index >= 15 is 0 Å². The van der Waals surface area contributed by atoms with Gasteiger partial charge in [0.2, 0.25) is 0 Å². The van der Waals surface area contributed by atoms with Gasteiger partial charge in [-0.15, -0.1) is 0 Å². The number of ether oxygens (including phenoxy) is 2. The molecule has 0 radical (unpaired) electrons. The number of piperazine rings is 1. The van der Waals surface area contributed by atoms with Crippen LogP contribution in [0.5, 0.6) is 11.5 Å². The Balaban J connectivity index is 1.51. The van der Waals surface area contributed by atoms with Crippen LogP contribution in [0.15, 0.2) is 42.6 Å². The molecule has 7 heteroatoms. The summed E-state index contributed by atoms with van der Waals surface area (Å²) in [6.45, 7) is 4.03. The molecule has 3 rings (SSSR count). The molecule has 1 N–H and O–H groups in total. The summed E-state index contributed by atoms with van der Waals surface area (Å²) in [4.78, 5) is 21.3. The Kier molecular flexibility index (Phi) is 5.91. The lowest BCUT2D eigenvalue weighted by Gasteiger charge is -2.35. The third-order valence-electron chi connectivity index (χ3n) is 4.42. The number of hydrogen-bond donors (Lipinski definition) is 1. The van der Waals surface area contributed by atoms with Gasteiger partial charge in [0.25, 0.3) is 5.91 Å². The summed E-state index contributed by atoms with van der Waals surface area (Å²) in [7, 11) is 3.13. The van der Waals surface area contributed by atoms with Crippen LogP contribution in [0, 0.1) is 0 Å². The van der Waals surface area contributed by atoms with Crippen LogP contribution in [-0.2, 0) is 0 Å². The van der Waals surface area contributed by atoms with Gasteiger partial charge in [0.15, 0.2) is 0 Å². The Bertz CT molecular complexity index is 709. The number of carbonyl (C=O) groups excluding carboxylic acids is 1. The van der Waals surface area contributed by atoms with Crippen molar-refractivity contribution in [1.82, 2.24) is 15.2 Å². The van der Waals surface area contributed by atoms with Crippen molar-refractivity contribution in [3.8, 4) is 11.5 Å². The average molecular weight is 356 g/mol. The Hall–Kier alpha value is -2.80. The van der Waals surface area contributed by atoms with Gasteiger partial charge in [0, 0.05) is 44.0 Å². The van der Waals surface area contributed by atoms with Crippen molar-refractivity contribution in [2.24, 2.45) is 0 Å². The van der Waals surface area contributed by atoms with Gasteiger partial charge >= 0.3 is 0 Å². The summed E-state index contributed by atoms with van der Waals surface area (Å²) in [5, 5.41) is 2.97. The number of anilines is 1. The summed E-state index contributed by atoms with van der Waals surface area (Å²) in [6, 6.07) is 11.1. The van der Waals surface area contributed by atoms with Crippen LogP contribution in [0.3, 0.4) is 0 Å². The summed E-state index contributed by atoms with van der Waals surface area (Å²) in [5.74, 6) is 2.05. The molecule has 1 fully saturated rings. The minimum absolute atomic E-state index is 0.144. The van der Waals surface area contributed by atoms with E-state index in [4.69, 9.17) is 9.47 Å². The largest absolute Gasteiger partial charge is 0.497 e. The van der Waals surface area contributed by atoms with E-state index in [1.54, 1.807) is 32.4 Å². The normalized spacial score (nSPS) is 14.8. The zero-order valence-electron chi connectivity index (χ0n) is 15.1. The maximum absolute atomic E-state index is 12.4. The number of amides is 1. The van der Waals surface area contributed by atoms with Crippen molar-refractivity contribution < 1.29 is 14.3 Å². The topological polar surface area (TPSA) is 66.9 Å². The molecule has 1 saturated heterocycles. The first-order valence-electron chi connectivity index (χ1n) is 8.59. The van der Waals surface area contributed by atoms with Gasteiger partial charge in [-0.25, -0.2) is 4.98 Å². The second-order valence-corrected chi connectivity index (χ2v) is 6.06. The standard InChI is InChI=1S/C19H24N4O3/c1-25-16-11-15(12-17(13-16)26-2)19(24)21-14-22-7-9-23(10-8-22)18-5-3-4-6-20-18/h3-6,11-13H,7-10,14H2,1-2H3,(H,21,24). The smallest absolute Gasteiger partial charge is 0.252 e. The van der Waals surface area contributed by atoms with Crippen LogP contribution >= 0.6 is 0 Å². The first-order valence-corrected chi connectivity index (χ1v) is 8.59. The van der Waals surface area contributed by atoms with Gasteiger partial charge < -0.3 is 19.7 Å². The van der Waals surface area contributed by atoms with Gasteiger partial charge in [-0.1, -0.05) is 6.07 Å². The fraction of sp³-hybridized carbons (Fsp3) is 0.368. The Morgan fingerprint density at radius 1 is 1.08 bits per heavy atom. The van der Waals surface area contributed by atoms with Crippen LogP contribution in [0.25, 0.3) is 0 Å². The molecule has 0 saturated carbocycles. The van der Waals surface area contributed by atoms with Gasteiger partial charge in [0.1, 0.15) is 17.3 Å². The molecule has 2 aromatic rings. The fourth-order valence-corrected chi connectivity index (χ4v) is 2.90. The highest BCUT2D eigenvalue weighted by Gasteiger charge is 2.18. The molecule has 7 nitrogen and oxygen atoms in total. The average Bonchev–Trinajstić information content (AvgIpc) is 2.72. The van der Waals surface area contributed by atoms with Crippen LogP contribution in [0.2, 0.25) is 0 Å². The molecule has 0 unspecified atom stereocenters. The quantitative estimate of drug-likeness (QED) is 0.848. The molecule has 138 valence electrons. The van der Waals surface area contributed by atoms with Gasteiger partial charge in [0.05, 0.1) is 20.9 Å². The predicted molar refractivity (Wildman–Crippen MR) is 99.9 cm³/mol. The number of benzene rings is 1. The third-order valence-corrected chi connectivity index (χ3v) is 4.42. The summed E-state index contributed by atoms with van der Waals surface area (Å²) >= 11 is 0. The minimum Gasteiger partial charge on any atom is -0.497 e. The summed E-state index contributed by atoms with van der Waals surface area (Å²) in [5.41, 5.74) is 0.522. The van der Waals surface area contributed by atoms with Crippen molar-refractivity contribution in [2.75, 3.05) is 52.0 Å². The van der Waals surface area contributed by atoms with Crippen LogP contribution in [0.4, 0.5) is 5.82 Å². The maximum atomic E-state index is 12.4. The number of nitrogens with zero attached hydrogens (tertiary/aromatic N) is 3. The lowest BCUT2D eigenvalue weighted by molar-refractivity contribution is 0.0919. The van der Waals surface area contributed by atoms with E-state index < -0.39 is 0 Å². The molecule has 1 aromatic heterocycles. The number of nitrogens with one attached hydrogen (secondary N) is 1. The van der Waals surface area contributed by atoms with E-state index in [0.717, 1.165) is 32.0 Å². The number of methoxy groups -OCH3 is 2. The molecule has 0 spiro atoms. The first-order chi connectivity index (χ1) is 12.7. The van der Waals surface area contributed by atoms with Gasteiger partial charge in [-0.3, -0.25) is 9.69 Å². The van der Waals surface area contributed by atoms with Crippen LogP contribution in [0.1, 0.15) is 10.4 Å². The lowest BCUT2D eigenvalue weighted by Crippen LogP contribution is -2.50. The predicted octanol–water partition coefficient (Wildman–Crippen LogP) is 1.61. The second-order valence-electron chi connectivity index (χ2n) is 6.06. The van der Waals surface area contributed by atoms with E-state index in [1.807, 2.05) is 24.4 Å². The molecular weight excluding hydrogens is 332 g/mol. The summed E-state index contributed by atoms with van der Waals surface area (Å²) in [6.07, 6.45) is 1.81. The van der Waals surface area contributed by atoms with Crippen molar-refractivity contribution in [3.63, 3.8) is 0 Å². The molecule has 2 heterocycles. The highest BCUT2D eigenvalue weighted by Crippen LogP contribution is 2.22. The minimum atomic E-state index is -0.144. The van der Waals surface area contributed by atoms with Gasteiger partial charge in [-0.2, -0.15) is 0 Å². The molecule has 0 atom stereocenters. The van der Waals surface area contributed by atoms with Crippen molar-refractivity contribution in [2.45, 2.75) is 0 Å². The highest BCUT2D eigenvalue weighted by molar-refractivity contribution is 5.95. The summed E-state index contributed by atoms with van der Waals surface area (Å²) < 4.78 is 10.4. The number of pyridine rings is 1. The van der Waals surface area contributed by atoms with Crippen molar-refractivity contribution >= 4 is 11.7 Å². The van der Waals surface area contributed by atoms with E-state index in [-0.39, 0.29) is 5.91 Å². The van der Waals surface area contributed by atoms with Crippen molar-refractivity contribution in [3.05, 3.63) is 48.2 Å². The molecule has 0 bridgehead atoms. The molecule has 1 aliphatic rings. The number of carbonyl (C=O) groups is 1. The first kappa shape index (κ1) is 18.0. The van der Waals surface area contributed by atoms with Crippen LogP contribution in [-0.4, -0.2) is 62.9 Å². The van der Waals surface area contributed by atoms with Crippen LogP contribution < -0.4 is 19.7 Å². The second kappa shape index (κ2) is 8.53. The molecule has 0 aliphatic carbocycles. The monoisotopic (exact) mass is 356 g/mol. The molecule has 26 heavy (non-hydrogen) atoms. The third kappa shape index (κ3) is 4.43. The zero-order chi connectivity index (χ0) is 18.4. The van der Waals surface area contributed by atoms with E-state index in [9.17, 15) is 4.79 Å². The van der Waals surface area contributed by atoms with Gasteiger partial charge in [-0.05, 0) is 24.3 Å². The maximum Gasteiger partial charge on any atom is 0.252 e. The van der Waals surface area contributed by atoms with E-state index in [2.05, 4.69) is 20.1 Å². The number of aromatic nitrogens is 1. The SMILES string of the molecule is COc1cc(OC)cc(C(=O)NCN2CCN(c3ccccn3)CC2)c1. The highest BCUT2D eigenvalue weighted by atomic mass is 16.5. The Labute approximate surface area is 153 Å². The Morgan fingerprint density at radius 3 is 2.35 bits per heavy atom.